The summed E-state index contributed by atoms with van der Waals surface area (Å²) in [5, 5.41) is 4.29. The maximum Gasteiger partial charge on any atom is 0.0373 e. The van der Waals surface area contributed by atoms with Gasteiger partial charge in [0.15, 0.2) is 0 Å². The lowest BCUT2D eigenvalue weighted by atomic mass is 10.1. The van der Waals surface area contributed by atoms with Gasteiger partial charge in [-0.2, -0.15) is 0 Å². The first-order chi connectivity index (χ1) is 21.7. The molecular formula is C42H66N3P. The molecule has 3 aromatic rings. The molecule has 0 aromatic heterocycles. The summed E-state index contributed by atoms with van der Waals surface area (Å²) in [6, 6.07) is 28.6. The average molecular weight is 644 g/mol. The first kappa shape index (κ1) is 37.9. The summed E-state index contributed by atoms with van der Waals surface area (Å²) in [4.78, 5) is 7.83. The van der Waals surface area contributed by atoms with Crippen molar-refractivity contribution in [3.63, 3.8) is 0 Å². The second kappa shape index (κ2) is 18.1. The Bertz CT molecular complexity index is 1120. The maximum atomic E-state index is 2.61. The third-order valence-electron chi connectivity index (χ3n) is 7.87. The molecule has 0 aliphatic carbocycles. The van der Waals surface area contributed by atoms with Crippen LogP contribution >= 0.6 is 7.92 Å². The van der Waals surface area contributed by atoms with Crippen LogP contribution in [0.2, 0.25) is 0 Å². The van der Waals surface area contributed by atoms with Crippen molar-refractivity contribution >= 4 is 40.9 Å². The van der Waals surface area contributed by atoms with E-state index in [1.165, 1.54) is 33.0 Å². The molecule has 0 aliphatic heterocycles. The van der Waals surface area contributed by atoms with E-state index >= 15 is 0 Å². The molecule has 0 unspecified atom stereocenters. The summed E-state index contributed by atoms with van der Waals surface area (Å²) < 4.78 is 0. The van der Waals surface area contributed by atoms with Crippen LogP contribution in [0, 0.1) is 35.5 Å². The highest BCUT2D eigenvalue weighted by Gasteiger charge is 2.22. The molecule has 0 saturated carbocycles. The van der Waals surface area contributed by atoms with E-state index in [0.29, 0.717) is 35.5 Å². The molecule has 0 heterocycles. The zero-order valence-corrected chi connectivity index (χ0v) is 32.3. The monoisotopic (exact) mass is 643 g/mol. The van der Waals surface area contributed by atoms with Gasteiger partial charge in [-0.3, -0.25) is 0 Å². The van der Waals surface area contributed by atoms with Crippen molar-refractivity contribution in [1.82, 2.24) is 0 Å². The Morgan fingerprint density at radius 2 is 0.587 bits per heavy atom. The molecule has 3 nitrogen and oxygen atoms in total. The lowest BCUT2D eigenvalue weighted by Gasteiger charge is -2.32. The first-order valence-electron chi connectivity index (χ1n) is 18.1. The third-order valence-corrected chi connectivity index (χ3v) is 10.3. The van der Waals surface area contributed by atoms with E-state index in [1.807, 2.05) is 0 Å². The number of hydrogen-bond donors (Lipinski definition) is 0. The molecule has 0 spiro atoms. The summed E-state index contributed by atoms with van der Waals surface area (Å²) in [7, 11) is -0.771. The van der Waals surface area contributed by atoms with Gasteiger partial charge in [0.05, 0.1) is 0 Å². The normalized spacial score (nSPS) is 12.1. The predicted octanol–water partition coefficient (Wildman–Crippen LogP) is 9.80. The Balaban J connectivity index is 2.22. The fraction of sp³-hybridized carbons (Fsp3) is 0.571. The third kappa shape index (κ3) is 11.9. The van der Waals surface area contributed by atoms with Gasteiger partial charge >= 0.3 is 0 Å². The van der Waals surface area contributed by atoms with Crippen LogP contribution in [0.5, 0.6) is 0 Å². The van der Waals surface area contributed by atoms with Crippen molar-refractivity contribution in [2.75, 3.05) is 54.0 Å². The van der Waals surface area contributed by atoms with Crippen molar-refractivity contribution in [2.24, 2.45) is 35.5 Å². The van der Waals surface area contributed by atoms with Crippen LogP contribution in [0.1, 0.15) is 83.1 Å². The Hall–Kier alpha value is -2.51. The smallest absolute Gasteiger partial charge is 0.0373 e. The number of nitrogens with zero attached hydrogens (tertiary/aromatic N) is 3. The molecular weight excluding hydrogens is 577 g/mol. The highest BCUT2D eigenvalue weighted by atomic mass is 31.1. The van der Waals surface area contributed by atoms with Gasteiger partial charge in [-0.15, -0.1) is 0 Å². The Morgan fingerprint density at radius 1 is 0.370 bits per heavy atom. The molecule has 0 atom stereocenters. The molecule has 0 fully saturated rings. The van der Waals surface area contributed by atoms with E-state index in [1.54, 1.807) is 0 Å². The molecule has 3 aromatic carbocycles. The van der Waals surface area contributed by atoms with E-state index in [2.05, 4.69) is 171 Å². The second-order valence-corrected chi connectivity index (χ2v) is 18.2. The summed E-state index contributed by atoms with van der Waals surface area (Å²) in [6.45, 7) is 34.5. The summed E-state index contributed by atoms with van der Waals surface area (Å²) in [5.74, 6) is 3.66. The van der Waals surface area contributed by atoms with Crippen LogP contribution in [-0.2, 0) is 0 Å². The Kier molecular flexibility index (Phi) is 15.0. The highest BCUT2D eigenvalue weighted by Crippen LogP contribution is 2.37. The van der Waals surface area contributed by atoms with Crippen molar-refractivity contribution in [3.05, 3.63) is 72.8 Å². The second-order valence-electron chi connectivity index (χ2n) is 16.0. The van der Waals surface area contributed by atoms with Gasteiger partial charge < -0.3 is 14.7 Å². The molecule has 46 heavy (non-hydrogen) atoms. The van der Waals surface area contributed by atoms with Gasteiger partial charge in [-0.25, -0.2) is 0 Å². The SMILES string of the molecule is CC(C)CN(CC(C)C)c1cccc(P(c2cccc(N(CC(C)C)CC(C)C)c2)c2cccc(N(CC(C)C)CC(C)C)c2)c1. The molecule has 4 heteroatoms. The van der Waals surface area contributed by atoms with Gasteiger partial charge in [-0.1, -0.05) is 119 Å². The lowest BCUT2D eigenvalue weighted by molar-refractivity contribution is 0.552. The molecule has 0 bridgehead atoms. The fourth-order valence-electron chi connectivity index (χ4n) is 6.43. The molecule has 0 aliphatic rings. The van der Waals surface area contributed by atoms with Crippen LogP contribution in [0.3, 0.4) is 0 Å². The van der Waals surface area contributed by atoms with Gasteiger partial charge in [0.1, 0.15) is 0 Å². The van der Waals surface area contributed by atoms with Crippen LogP contribution in [0.4, 0.5) is 17.1 Å². The standard InChI is InChI=1S/C42H66N3P/c1-31(2)25-43(26-32(3)4)37-16-13-19-40(22-37)46(41-20-14-17-38(23-41)44(27-33(5)6)28-34(7)8)42-21-15-18-39(24-42)45(29-35(9)10)30-36(11)12/h13-24,31-36H,25-30H2,1-12H3. The predicted molar refractivity (Wildman–Crippen MR) is 211 cm³/mol. The quantitative estimate of drug-likeness (QED) is 0.128. The minimum Gasteiger partial charge on any atom is -0.371 e. The number of rotatable bonds is 18. The van der Waals surface area contributed by atoms with E-state index in [4.69, 9.17) is 0 Å². The minimum absolute atomic E-state index is 0.609. The lowest BCUT2D eigenvalue weighted by Crippen LogP contribution is -2.33. The number of anilines is 3. The zero-order chi connectivity index (χ0) is 34.0. The van der Waals surface area contributed by atoms with Crippen LogP contribution in [0.25, 0.3) is 0 Å². The summed E-state index contributed by atoms with van der Waals surface area (Å²) >= 11 is 0. The molecule has 0 N–H and O–H groups in total. The van der Waals surface area contributed by atoms with Gasteiger partial charge in [0.25, 0.3) is 0 Å². The van der Waals surface area contributed by atoms with Crippen molar-refractivity contribution in [3.8, 4) is 0 Å². The summed E-state index contributed by atoms with van der Waals surface area (Å²) in [6.07, 6.45) is 0. The molecule has 254 valence electrons. The van der Waals surface area contributed by atoms with Crippen molar-refractivity contribution in [1.29, 1.82) is 0 Å². The number of hydrogen-bond acceptors (Lipinski definition) is 3. The Morgan fingerprint density at radius 3 is 0.783 bits per heavy atom. The fourth-order valence-corrected chi connectivity index (χ4v) is 8.82. The van der Waals surface area contributed by atoms with E-state index in [-0.39, 0.29) is 0 Å². The Labute approximate surface area is 285 Å². The minimum atomic E-state index is -0.771. The highest BCUT2D eigenvalue weighted by molar-refractivity contribution is 7.79. The van der Waals surface area contributed by atoms with Crippen molar-refractivity contribution < 1.29 is 0 Å². The van der Waals surface area contributed by atoms with E-state index < -0.39 is 7.92 Å². The largest absolute Gasteiger partial charge is 0.371 e. The molecule has 0 saturated heterocycles. The van der Waals surface area contributed by atoms with E-state index in [0.717, 1.165) is 39.3 Å². The van der Waals surface area contributed by atoms with Gasteiger partial charge in [-0.05, 0) is 95.7 Å². The van der Waals surface area contributed by atoms with Crippen LogP contribution < -0.4 is 30.6 Å². The molecule has 3 rings (SSSR count). The first-order valence-corrected chi connectivity index (χ1v) is 19.4. The number of benzene rings is 3. The summed E-state index contributed by atoms with van der Waals surface area (Å²) in [5.41, 5.74) is 4.05. The zero-order valence-electron chi connectivity index (χ0n) is 31.4. The van der Waals surface area contributed by atoms with Gasteiger partial charge in [0.2, 0.25) is 0 Å². The average Bonchev–Trinajstić information content (AvgIpc) is 2.95. The van der Waals surface area contributed by atoms with Crippen LogP contribution in [-0.4, -0.2) is 39.3 Å². The van der Waals surface area contributed by atoms with Crippen molar-refractivity contribution in [2.45, 2.75) is 83.1 Å². The van der Waals surface area contributed by atoms with E-state index in [9.17, 15) is 0 Å². The van der Waals surface area contributed by atoms with Crippen LogP contribution in [0.15, 0.2) is 72.8 Å². The molecule has 0 radical (unpaired) electrons. The molecule has 0 amide bonds. The maximum absolute atomic E-state index is 2.61. The van der Waals surface area contributed by atoms with Gasteiger partial charge in [0, 0.05) is 56.3 Å². The topological polar surface area (TPSA) is 9.72 Å².